The highest BCUT2D eigenvalue weighted by Gasteiger charge is 2.02. The average Bonchev–Trinajstić information content (AvgIpc) is 2.21. The number of halogens is 1. The maximum absolute atomic E-state index is 11.0. The number of rotatable bonds is 5. The van der Waals surface area contributed by atoms with Crippen molar-refractivity contribution < 1.29 is 9.53 Å². The molecule has 0 unspecified atom stereocenters. The van der Waals surface area contributed by atoms with Crippen molar-refractivity contribution >= 4 is 17.6 Å². The fourth-order valence-electron chi connectivity index (χ4n) is 1.20. The van der Waals surface area contributed by atoms with Crippen LogP contribution in [0, 0.1) is 0 Å². The molecule has 0 amide bonds. The van der Waals surface area contributed by atoms with E-state index >= 15 is 0 Å². The Balaban J connectivity index is 2.26. The Hall–Kier alpha value is -1.09. The summed E-state index contributed by atoms with van der Waals surface area (Å²) in [6.45, 7) is 2.25. The predicted molar refractivity (Wildman–Crippen MR) is 58.8 cm³/mol. The van der Waals surface area contributed by atoms with Gasteiger partial charge in [-0.2, -0.15) is 0 Å². The van der Waals surface area contributed by atoms with Crippen LogP contribution in [0.3, 0.4) is 0 Å². The summed E-state index contributed by atoms with van der Waals surface area (Å²) < 4.78 is 4.82. The van der Waals surface area contributed by atoms with E-state index in [-0.39, 0.29) is 5.97 Å². The number of hydrogen-bond donors (Lipinski definition) is 0. The molecule has 1 aromatic rings. The molecular formula is C11H14ClNO2. The Morgan fingerprint density at radius 3 is 2.93 bits per heavy atom. The zero-order valence-electron chi connectivity index (χ0n) is 8.70. The van der Waals surface area contributed by atoms with Crippen LogP contribution in [0.5, 0.6) is 0 Å². The standard InChI is InChI=1S/C11H14ClNO2/c1-2-15-11(14)5-3-4-10-7-6-9(12)8-13-10/h6-8H,2-5H2,1H3. The number of nitrogens with zero attached hydrogens (tertiary/aromatic N) is 1. The SMILES string of the molecule is CCOC(=O)CCCc1ccc(Cl)cn1. The Morgan fingerprint density at radius 2 is 2.33 bits per heavy atom. The van der Waals surface area contributed by atoms with E-state index in [4.69, 9.17) is 16.3 Å². The molecule has 3 nitrogen and oxygen atoms in total. The molecule has 0 aliphatic heterocycles. The lowest BCUT2D eigenvalue weighted by Gasteiger charge is -2.01. The third-order valence-electron chi connectivity index (χ3n) is 1.91. The molecule has 0 aliphatic carbocycles. The molecule has 0 atom stereocenters. The van der Waals surface area contributed by atoms with Crippen LogP contribution < -0.4 is 0 Å². The van der Waals surface area contributed by atoms with E-state index in [2.05, 4.69) is 4.98 Å². The second-order valence-electron chi connectivity index (χ2n) is 3.13. The van der Waals surface area contributed by atoms with Gasteiger partial charge in [-0.05, 0) is 31.9 Å². The molecule has 0 fully saturated rings. The largest absolute Gasteiger partial charge is 0.466 e. The zero-order valence-corrected chi connectivity index (χ0v) is 9.46. The molecule has 0 radical (unpaired) electrons. The van der Waals surface area contributed by atoms with Gasteiger partial charge in [0.1, 0.15) is 0 Å². The van der Waals surface area contributed by atoms with E-state index in [0.717, 1.165) is 18.5 Å². The van der Waals surface area contributed by atoms with Gasteiger partial charge in [0.15, 0.2) is 0 Å². The lowest BCUT2D eigenvalue weighted by atomic mass is 10.2. The number of carbonyl (C=O) groups is 1. The Labute approximate surface area is 94.4 Å². The number of ether oxygens (including phenoxy) is 1. The Bertz CT molecular complexity index is 311. The highest BCUT2D eigenvalue weighted by molar-refractivity contribution is 6.30. The average molecular weight is 228 g/mol. The molecule has 82 valence electrons. The van der Waals surface area contributed by atoms with Gasteiger partial charge in [-0.25, -0.2) is 0 Å². The van der Waals surface area contributed by atoms with Gasteiger partial charge in [0.25, 0.3) is 0 Å². The molecule has 0 N–H and O–H groups in total. The van der Waals surface area contributed by atoms with Gasteiger partial charge < -0.3 is 4.74 Å². The zero-order chi connectivity index (χ0) is 11.1. The fraction of sp³-hybridized carbons (Fsp3) is 0.455. The van der Waals surface area contributed by atoms with Gasteiger partial charge in [-0.3, -0.25) is 9.78 Å². The first-order valence-corrected chi connectivity index (χ1v) is 5.36. The fourth-order valence-corrected chi connectivity index (χ4v) is 1.31. The van der Waals surface area contributed by atoms with Crippen molar-refractivity contribution in [1.29, 1.82) is 0 Å². The number of hydrogen-bond acceptors (Lipinski definition) is 3. The highest BCUT2D eigenvalue weighted by atomic mass is 35.5. The number of aryl methyl sites for hydroxylation is 1. The number of aromatic nitrogens is 1. The van der Waals surface area contributed by atoms with Crippen molar-refractivity contribution in [2.75, 3.05) is 6.61 Å². The molecule has 4 heteroatoms. The van der Waals surface area contributed by atoms with Crippen LogP contribution >= 0.6 is 11.6 Å². The summed E-state index contributed by atoms with van der Waals surface area (Å²) in [5.74, 6) is -0.147. The Morgan fingerprint density at radius 1 is 1.53 bits per heavy atom. The van der Waals surface area contributed by atoms with E-state index in [0.29, 0.717) is 18.1 Å². The van der Waals surface area contributed by atoms with Crippen LogP contribution in [0.1, 0.15) is 25.5 Å². The summed E-state index contributed by atoms with van der Waals surface area (Å²) in [6.07, 6.45) is 3.59. The predicted octanol–water partition coefficient (Wildman–Crippen LogP) is 2.62. The first-order chi connectivity index (χ1) is 7.22. The van der Waals surface area contributed by atoms with E-state index in [9.17, 15) is 4.79 Å². The van der Waals surface area contributed by atoms with Crippen LogP contribution in [0.25, 0.3) is 0 Å². The summed E-state index contributed by atoms with van der Waals surface area (Å²) in [7, 11) is 0. The molecule has 1 rings (SSSR count). The number of pyridine rings is 1. The van der Waals surface area contributed by atoms with Crippen molar-refractivity contribution in [1.82, 2.24) is 4.98 Å². The van der Waals surface area contributed by atoms with Crippen molar-refractivity contribution in [3.63, 3.8) is 0 Å². The first-order valence-electron chi connectivity index (χ1n) is 4.98. The van der Waals surface area contributed by atoms with Crippen LogP contribution in [-0.4, -0.2) is 17.6 Å². The maximum Gasteiger partial charge on any atom is 0.305 e. The van der Waals surface area contributed by atoms with Crippen molar-refractivity contribution in [3.05, 3.63) is 29.0 Å². The van der Waals surface area contributed by atoms with E-state index in [1.165, 1.54) is 0 Å². The maximum atomic E-state index is 11.0. The lowest BCUT2D eigenvalue weighted by Crippen LogP contribution is -2.04. The quantitative estimate of drug-likeness (QED) is 0.726. The molecule has 0 bridgehead atoms. The van der Waals surface area contributed by atoms with Crippen LogP contribution in [0.15, 0.2) is 18.3 Å². The smallest absolute Gasteiger partial charge is 0.305 e. The third kappa shape index (κ3) is 4.79. The molecule has 0 saturated heterocycles. The van der Waals surface area contributed by atoms with Gasteiger partial charge in [-0.15, -0.1) is 0 Å². The second-order valence-corrected chi connectivity index (χ2v) is 3.56. The van der Waals surface area contributed by atoms with Crippen molar-refractivity contribution in [3.8, 4) is 0 Å². The van der Waals surface area contributed by atoms with E-state index in [1.807, 2.05) is 6.07 Å². The van der Waals surface area contributed by atoms with Crippen molar-refractivity contribution in [2.45, 2.75) is 26.2 Å². The van der Waals surface area contributed by atoms with Gasteiger partial charge in [-0.1, -0.05) is 11.6 Å². The summed E-state index contributed by atoms with van der Waals surface area (Å²) in [4.78, 5) is 15.2. The number of esters is 1. The monoisotopic (exact) mass is 227 g/mol. The second kappa shape index (κ2) is 6.40. The van der Waals surface area contributed by atoms with Crippen molar-refractivity contribution in [2.24, 2.45) is 0 Å². The molecular weight excluding hydrogens is 214 g/mol. The normalized spacial score (nSPS) is 10.0. The molecule has 0 saturated carbocycles. The molecule has 0 spiro atoms. The highest BCUT2D eigenvalue weighted by Crippen LogP contribution is 2.08. The van der Waals surface area contributed by atoms with Crippen LogP contribution in [0.2, 0.25) is 5.02 Å². The summed E-state index contributed by atoms with van der Waals surface area (Å²) in [5, 5.41) is 0.629. The first kappa shape index (κ1) is 12.0. The minimum Gasteiger partial charge on any atom is -0.466 e. The summed E-state index contributed by atoms with van der Waals surface area (Å²) in [6, 6.07) is 3.67. The number of carbonyl (C=O) groups excluding carboxylic acids is 1. The topological polar surface area (TPSA) is 39.2 Å². The minimum absolute atomic E-state index is 0.147. The van der Waals surface area contributed by atoms with Crippen LogP contribution in [0.4, 0.5) is 0 Å². The van der Waals surface area contributed by atoms with E-state index in [1.54, 1.807) is 19.2 Å². The summed E-state index contributed by atoms with van der Waals surface area (Å²) >= 11 is 5.70. The minimum atomic E-state index is -0.147. The molecule has 1 heterocycles. The van der Waals surface area contributed by atoms with E-state index < -0.39 is 0 Å². The lowest BCUT2D eigenvalue weighted by molar-refractivity contribution is -0.143. The molecule has 15 heavy (non-hydrogen) atoms. The Kier molecular flexibility index (Phi) is 5.12. The van der Waals surface area contributed by atoms with Gasteiger partial charge in [0.2, 0.25) is 0 Å². The van der Waals surface area contributed by atoms with Gasteiger partial charge in [0, 0.05) is 18.3 Å². The van der Waals surface area contributed by atoms with Crippen LogP contribution in [-0.2, 0) is 16.0 Å². The summed E-state index contributed by atoms with van der Waals surface area (Å²) in [5.41, 5.74) is 0.948. The molecule has 0 aromatic carbocycles. The van der Waals surface area contributed by atoms with Gasteiger partial charge in [0.05, 0.1) is 11.6 Å². The van der Waals surface area contributed by atoms with Gasteiger partial charge >= 0.3 is 5.97 Å². The molecule has 1 aromatic heterocycles. The third-order valence-corrected chi connectivity index (χ3v) is 2.13. The molecule has 0 aliphatic rings.